The largest absolute Gasteiger partial charge is 0.480 e. The predicted octanol–water partition coefficient (Wildman–Crippen LogP) is 1.04. The van der Waals surface area contributed by atoms with Gasteiger partial charge in [0.1, 0.15) is 31.6 Å². The smallest absolute Gasteiger partial charge is 0.323 e. The van der Waals surface area contributed by atoms with Gasteiger partial charge in [0.25, 0.3) is 0 Å². The van der Waals surface area contributed by atoms with Crippen molar-refractivity contribution >= 4 is 17.0 Å². The number of hydrogen-bond acceptors (Lipinski definition) is 4. The number of aliphatic carboxylic acids is 1. The Morgan fingerprint density at radius 1 is 1.29 bits per heavy atom. The third-order valence-corrected chi connectivity index (χ3v) is 2.93. The Hall–Kier alpha value is -2.84. The van der Waals surface area contributed by atoms with Crippen LogP contribution in [0.15, 0.2) is 24.8 Å². The maximum Gasteiger partial charge on any atom is 0.323 e. The first kappa shape index (κ1) is 13.2. The third-order valence-electron chi connectivity index (χ3n) is 2.93. The zero-order valence-electron chi connectivity index (χ0n) is 10.6. The van der Waals surface area contributed by atoms with Crippen molar-refractivity contribution in [2.24, 2.45) is 0 Å². The quantitative estimate of drug-likeness (QED) is 0.776. The van der Waals surface area contributed by atoms with E-state index in [9.17, 15) is 13.6 Å². The van der Waals surface area contributed by atoms with Crippen molar-refractivity contribution in [1.29, 1.82) is 0 Å². The van der Waals surface area contributed by atoms with Crippen LogP contribution in [0, 0.1) is 11.6 Å². The van der Waals surface area contributed by atoms with Crippen LogP contribution in [0.5, 0.6) is 0 Å². The number of halogens is 2. The lowest BCUT2D eigenvalue weighted by Crippen LogP contribution is -2.14. The van der Waals surface area contributed by atoms with Gasteiger partial charge in [-0.3, -0.25) is 4.79 Å². The summed E-state index contributed by atoms with van der Waals surface area (Å²) in [7, 11) is 0. The molecule has 0 bridgehead atoms. The molecule has 0 saturated carbocycles. The molecule has 0 spiro atoms. The number of carbonyl (C=O) groups is 1. The fourth-order valence-electron chi connectivity index (χ4n) is 2.06. The number of carboxylic acid groups (broad SMARTS) is 1. The van der Waals surface area contributed by atoms with Gasteiger partial charge in [0.15, 0.2) is 11.6 Å². The van der Waals surface area contributed by atoms with Crippen molar-refractivity contribution < 1.29 is 18.7 Å². The molecular weight excluding hydrogens is 284 g/mol. The Morgan fingerprint density at radius 2 is 2.05 bits per heavy atom. The number of benzene rings is 1. The van der Waals surface area contributed by atoms with Gasteiger partial charge in [-0.2, -0.15) is 5.10 Å². The number of nitrogens with zero attached hydrogens (tertiary/aromatic N) is 5. The van der Waals surface area contributed by atoms with Crippen LogP contribution in [0.1, 0.15) is 5.82 Å². The fraction of sp³-hybridized carbons (Fsp3) is 0.167. The minimum absolute atomic E-state index is 0.144. The normalized spacial score (nSPS) is 11.1. The van der Waals surface area contributed by atoms with Crippen molar-refractivity contribution in [2.45, 2.75) is 13.1 Å². The molecular formula is C12H9F2N5O2. The fourth-order valence-corrected chi connectivity index (χ4v) is 2.06. The molecule has 0 atom stereocenters. The minimum Gasteiger partial charge on any atom is -0.480 e. The molecule has 2 aromatic heterocycles. The molecule has 0 saturated heterocycles. The van der Waals surface area contributed by atoms with Crippen LogP contribution in [0.3, 0.4) is 0 Å². The van der Waals surface area contributed by atoms with Gasteiger partial charge in [-0.1, -0.05) is 0 Å². The van der Waals surface area contributed by atoms with E-state index in [0.717, 1.165) is 12.1 Å². The molecule has 21 heavy (non-hydrogen) atoms. The summed E-state index contributed by atoms with van der Waals surface area (Å²) in [5.74, 6) is -2.88. The predicted molar refractivity (Wildman–Crippen MR) is 66.4 cm³/mol. The van der Waals surface area contributed by atoms with Crippen LogP contribution in [-0.4, -0.2) is 35.4 Å². The molecule has 2 heterocycles. The summed E-state index contributed by atoms with van der Waals surface area (Å²) in [5.41, 5.74) is 0.400. The number of aromatic nitrogens is 5. The molecule has 3 rings (SSSR count). The van der Waals surface area contributed by atoms with E-state index in [1.807, 2.05) is 0 Å². The van der Waals surface area contributed by atoms with E-state index >= 15 is 0 Å². The van der Waals surface area contributed by atoms with Crippen LogP contribution in [0.25, 0.3) is 11.0 Å². The molecule has 3 aromatic rings. The Morgan fingerprint density at radius 3 is 2.71 bits per heavy atom. The minimum atomic E-state index is -1.11. The average molecular weight is 293 g/mol. The Kier molecular flexibility index (Phi) is 3.09. The Labute approximate surface area is 116 Å². The molecule has 0 radical (unpaired) electrons. The molecule has 0 aliphatic carbocycles. The molecule has 0 fully saturated rings. The molecule has 0 aliphatic heterocycles. The highest BCUT2D eigenvalue weighted by Gasteiger charge is 2.16. The summed E-state index contributed by atoms with van der Waals surface area (Å²) in [5, 5.41) is 12.9. The first-order chi connectivity index (χ1) is 10.0. The summed E-state index contributed by atoms with van der Waals surface area (Å²) < 4.78 is 29.4. The number of fused-ring (bicyclic) bond motifs is 1. The van der Waals surface area contributed by atoms with E-state index in [1.165, 1.54) is 21.9 Å². The van der Waals surface area contributed by atoms with E-state index in [0.29, 0.717) is 5.82 Å². The second-order valence-corrected chi connectivity index (χ2v) is 4.36. The highest BCUT2D eigenvalue weighted by atomic mass is 19.2. The van der Waals surface area contributed by atoms with Crippen LogP contribution < -0.4 is 0 Å². The highest BCUT2D eigenvalue weighted by Crippen LogP contribution is 2.20. The first-order valence-corrected chi connectivity index (χ1v) is 5.93. The van der Waals surface area contributed by atoms with Gasteiger partial charge in [0.05, 0.1) is 11.0 Å². The molecule has 0 unspecified atom stereocenters. The molecule has 9 heteroatoms. The van der Waals surface area contributed by atoms with Crippen molar-refractivity contribution in [1.82, 2.24) is 24.3 Å². The lowest BCUT2D eigenvalue weighted by Gasteiger charge is -2.06. The van der Waals surface area contributed by atoms with Crippen LogP contribution in [0.4, 0.5) is 8.78 Å². The van der Waals surface area contributed by atoms with Crippen LogP contribution in [-0.2, 0) is 17.9 Å². The van der Waals surface area contributed by atoms with Crippen molar-refractivity contribution in [2.75, 3.05) is 0 Å². The van der Waals surface area contributed by atoms with Gasteiger partial charge >= 0.3 is 5.97 Å². The summed E-state index contributed by atoms with van der Waals surface area (Å²) >= 11 is 0. The molecule has 108 valence electrons. The highest BCUT2D eigenvalue weighted by molar-refractivity contribution is 5.78. The summed E-state index contributed by atoms with van der Waals surface area (Å²) in [4.78, 5) is 18.9. The molecule has 0 amide bonds. The number of rotatable bonds is 4. The van der Waals surface area contributed by atoms with Crippen LogP contribution >= 0.6 is 0 Å². The van der Waals surface area contributed by atoms with Crippen LogP contribution in [0.2, 0.25) is 0 Å². The Balaban J connectivity index is 2.15. The van der Waals surface area contributed by atoms with Gasteiger partial charge in [-0.25, -0.2) is 23.4 Å². The van der Waals surface area contributed by atoms with Crippen molar-refractivity contribution in [3.63, 3.8) is 0 Å². The lowest BCUT2D eigenvalue weighted by atomic mass is 10.3. The maximum atomic E-state index is 13.4. The van der Waals surface area contributed by atoms with Gasteiger partial charge in [0.2, 0.25) is 0 Å². The molecule has 0 aliphatic rings. The second kappa shape index (κ2) is 4.93. The van der Waals surface area contributed by atoms with E-state index in [1.54, 1.807) is 0 Å². The van der Waals surface area contributed by atoms with E-state index in [4.69, 9.17) is 5.11 Å². The first-order valence-electron chi connectivity index (χ1n) is 5.93. The molecule has 1 aromatic carbocycles. The second-order valence-electron chi connectivity index (χ2n) is 4.36. The zero-order chi connectivity index (χ0) is 15.0. The van der Waals surface area contributed by atoms with Crippen molar-refractivity contribution in [3.05, 3.63) is 42.2 Å². The van der Waals surface area contributed by atoms with E-state index in [2.05, 4.69) is 15.1 Å². The summed E-state index contributed by atoms with van der Waals surface area (Å²) in [6, 6.07) is 1.87. The molecule has 7 nitrogen and oxygen atoms in total. The number of carboxylic acids is 1. The molecule has 1 N–H and O–H groups in total. The van der Waals surface area contributed by atoms with E-state index in [-0.39, 0.29) is 17.6 Å². The Bertz CT molecular complexity index is 813. The van der Waals surface area contributed by atoms with Gasteiger partial charge < -0.3 is 9.67 Å². The summed E-state index contributed by atoms with van der Waals surface area (Å²) in [6.07, 6.45) is 2.76. The van der Waals surface area contributed by atoms with Crippen molar-refractivity contribution in [3.8, 4) is 0 Å². The number of imidazole rings is 1. The standard InChI is InChI=1S/C12H9F2N5O2/c13-7-1-9-10(2-8(7)14)19(4-12(20)21)11(17-9)3-18-6-15-5-16-18/h1-2,5-6H,3-4H2,(H,20,21). The van der Waals surface area contributed by atoms with Gasteiger partial charge in [-0.15, -0.1) is 0 Å². The maximum absolute atomic E-state index is 13.4. The average Bonchev–Trinajstić information content (AvgIpc) is 3.01. The topological polar surface area (TPSA) is 85.8 Å². The number of hydrogen-bond donors (Lipinski definition) is 1. The third kappa shape index (κ3) is 2.45. The van der Waals surface area contributed by atoms with Gasteiger partial charge in [0, 0.05) is 12.1 Å². The SMILES string of the molecule is O=C(O)Cn1c(Cn2cncn2)nc2cc(F)c(F)cc21. The van der Waals surface area contributed by atoms with Gasteiger partial charge in [-0.05, 0) is 0 Å². The lowest BCUT2D eigenvalue weighted by molar-refractivity contribution is -0.137. The monoisotopic (exact) mass is 293 g/mol. The van der Waals surface area contributed by atoms with E-state index < -0.39 is 24.1 Å². The summed E-state index contributed by atoms with van der Waals surface area (Å²) in [6.45, 7) is -0.267. The zero-order valence-corrected chi connectivity index (χ0v) is 10.6.